The molecule has 0 bridgehead atoms. The lowest BCUT2D eigenvalue weighted by Crippen LogP contribution is -2.47. The van der Waals surface area contributed by atoms with Gasteiger partial charge in [0.05, 0.1) is 7.11 Å². The van der Waals surface area contributed by atoms with Gasteiger partial charge in [0.1, 0.15) is 25.0 Å². The Hall–Kier alpha value is -0.760. The van der Waals surface area contributed by atoms with Crippen LogP contribution in [0, 0.1) is 0 Å². The molecule has 0 amide bonds. The van der Waals surface area contributed by atoms with E-state index < -0.39 is 42.8 Å². The van der Waals surface area contributed by atoms with E-state index in [0.717, 1.165) is 7.11 Å². The monoisotopic (exact) mass is 252 g/mol. The molecule has 7 heteroatoms. The summed E-state index contributed by atoms with van der Waals surface area (Å²) < 4.78 is 27.4. The minimum Gasteiger partial charge on any atom is -0.467 e. The van der Waals surface area contributed by atoms with E-state index in [1.807, 2.05) is 0 Å². The van der Waals surface area contributed by atoms with Crippen LogP contribution in [0.2, 0.25) is 0 Å². The van der Waals surface area contributed by atoms with Crippen LogP contribution in [0.3, 0.4) is 0 Å². The summed E-state index contributed by atoms with van der Waals surface area (Å²) >= 11 is 0. The van der Waals surface area contributed by atoms with Gasteiger partial charge in [-0.05, 0) is 13.8 Å². The van der Waals surface area contributed by atoms with Gasteiger partial charge in [0.2, 0.25) is 0 Å². The van der Waals surface area contributed by atoms with Gasteiger partial charge in [-0.25, -0.2) is 9.18 Å². The van der Waals surface area contributed by atoms with E-state index in [1.54, 1.807) is 13.8 Å². The van der Waals surface area contributed by atoms with Crippen molar-refractivity contribution in [3.63, 3.8) is 0 Å². The second kappa shape index (κ2) is 5.26. The Kier molecular flexibility index (Phi) is 4.42. The molecule has 1 fully saturated rings. The second-order valence-electron chi connectivity index (χ2n) is 4.25. The molecule has 0 aromatic carbocycles. The van der Waals surface area contributed by atoms with Crippen LogP contribution in [-0.2, 0) is 19.0 Å². The first kappa shape index (κ1) is 14.3. The van der Waals surface area contributed by atoms with E-state index in [2.05, 4.69) is 4.74 Å². The number of methoxy groups -OCH3 is 1. The summed E-state index contributed by atoms with van der Waals surface area (Å²) in [6.07, 6.45) is -5.55. The summed E-state index contributed by atoms with van der Waals surface area (Å²) in [6, 6.07) is 0. The Balaban J connectivity index is 2.74. The van der Waals surface area contributed by atoms with Crippen LogP contribution in [0.4, 0.5) is 4.39 Å². The van der Waals surface area contributed by atoms with Crippen LogP contribution in [0.25, 0.3) is 0 Å². The highest BCUT2D eigenvalue weighted by Gasteiger charge is 2.48. The molecule has 2 N–H and O–H groups in total. The third kappa shape index (κ3) is 3.12. The van der Waals surface area contributed by atoms with E-state index in [4.69, 9.17) is 9.47 Å². The van der Waals surface area contributed by atoms with E-state index >= 15 is 0 Å². The van der Waals surface area contributed by atoms with Crippen molar-refractivity contribution >= 4 is 5.97 Å². The Bertz CT molecular complexity index is 282. The zero-order valence-electron chi connectivity index (χ0n) is 9.92. The number of hydrogen-bond donors (Lipinski definition) is 2. The standard InChI is InChI=1S/C10H17FO6/c1-10(2)16-5(4-11)8(17-10)6(12)7(13)9(14)15-3/h5-8,12-13H,4H2,1-3H3/t5-,6+,7+,8+/m1/s1. The predicted octanol–water partition coefficient (Wildman–Crippen LogP) is -0.629. The van der Waals surface area contributed by atoms with E-state index in [9.17, 15) is 19.4 Å². The minimum absolute atomic E-state index is 0.890. The quantitative estimate of drug-likeness (QED) is 0.648. The highest BCUT2D eigenvalue weighted by molar-refractivity contribution is 5.75. The van der Waals surface area contributed by atoms with Crippen molar-refractivity contribution in [3.05, 3.63) is 0 Å². The van der Waals surface area contributed by atoms with E-state index in [1.165, 1.54) is 0 Å². The van der Waals surface area contributed by atoms with Gasteiger partial charge >= 0.3 is 5.97 Å². The lowest BCUT2D eigenvalue weighted by molar-refractivity contribution is -0.175. The largest absolute Gasteiger partial charge is 0.467 e. The first-order chi connectivity index (χ1) is 7.82. The number of carbonyl (C=O) groups is 1. The average molecular weight is 252 g/mol. The molecular weight excluding hydrogens is 235 g/mol. The SMILES string of the molecule is COC(=O)[C@@H](O)[C@H](O)[C@H]1OC(C)(C)O[C@@H]1CF. The fraction of sp³-hybridized carbons (Fsp3) is 0.900. The van der Waals surface area contributed by atoms with Crippen LogP contribution >= 0.6 is 0 Å². The van der Waals surface area contributed by atoms with Crippen LogP contribution in [0.1, 0.15) is 13.8 Å². The number of esters is 1. The van der Waals surface area contributed by atoms with Crippen molar-refractivity contribution in [1.29, 1.82) is 0 Å². The Morgan fingerprint density at radius 1 is 1.47 bits per heavy atom. The normalized spacial score (nSPS) is 30.9. The Labute approximate surface area is 98.3 Å². The maximum atomic E-state index is 12.7. The number of aliphatic hydroxyl groups is 2. The molecule has 0 aromatic heterocycles. The van der Waals surface area contributed by atoms with Crippen molar-refractivity contribution < 1.29 is 33.6 Å². The van der Waals surface area contributed by atoms with Crippen molar-refractivity contribution in [3.8, 4) is 0 Å². The zero-order chi connectivity index (χ0) is 13.2. The van der Waals surface area contributed by atoms with Gasteiger partial charge in [0.25, 0.3) is 0 Å². The Morgan fingerprint density at radius 2 is 2.06 bits per heavy atom. The number of ether oxygens (including phenoxy) is 3. The zero-order valence-corrected chi connectivity index (χ0v) is 9.92. The first-order valence-corrected chi connectivity index (χ1v) is 5.18. The number of alkyl halides is 1. The van der Waals surface area contributed by atoms with Gasteiger partial charge in [-0.3, -0.25) is 0 Å². The maximum Gasteiger partial charge on any atom is 0.337 e. The summed E-state index contributed by atoms with van der Waals surface area (Å²) in [6.45, 7) is 2.21. The van der Waals surface area contributed by atoms with E-state index in [-0.39, 0.29) is 0 Å². The lowest BCUT2D eigenvalue weighted by Gasteiger charge is -2.24. The minimum atomic E-state index is -1.79. The summed E-state index contributed by atoms with van der Waals surface area (Å²) in [7, 11) is 1.07. The smallest absolute Gasteiger partial charge is 0.337 e. The van der Waals surface area contributed by atoms with Crippen molar-refractivity contribution in [2.24, 2.45) is 0 Å². The summed E-state index contributed by atoms with van der Waals surface area (Å²) in [5.41, 5.74) is 0. The number of halogens is 1. The van der Waals surface area contributed by atoms with Gasteiger partial charge in [0.15, 0.2) is 11.9 Å². The molecule has 17 heavy (non-hydrogen) atoms. The van der Waals surface area contributed by atoms with E-state index in [0.29, 0.717) is 0 Å². The average Bonchev–Trinajstić information content (AvgIpc) is 2.61. The molecule has 0 spiro atoms. The number of aliphatic hydroxyl groups excluding tert-OH is 2. The maximum absolute atomic E-state index is 12.7. The highest BCUT2D eigenvalue weighted by atomic mass is 19.1. The van der Waals surface area contributed by atoms with Crippen LogP contribution in [0.15, 0.2) is 0 Å². The molecule has 0 unspecified atom stereocenters. The van der Waals surface area contributed by atoms with Crippen molar-refractivity contribution in [2.75, 3.05) is 13.8 Å². The van der Waals surface area contributed by atoms with Gasteiger partial charge in [-0.15, -0.1) is 0 Å². The third-order valence-corrected chi connectivity index (χ3v) is 2.48. The molecule has 0 radical (unpaired) electrons. The lowest BCUT2D eigenvalue weighted by atomic mass is 10.0. The molecule has 1 heterocycles. The van der Waals surface area contributed by atoms with Crippen LogP contribution in [0.5, 0.6) is 0 Å². The number of carbonyl (C=O) groups excluding carboxylic acids is 1. The number of rotatable bonds is 4. The van der Waals surface area contributed by atoms with Gasteiger partial charge in [-0.1, -0.05) is 0 Å². The molecular formula is C10H17FO6. The molecule has 0 aliphatic carbocycles. The number of hydrogen-bond acceptors (Lipinski definition) is 6. The Morgan fingerprint density at radius 3 is 2.53 bits per heavy atom. The fourth-order valence-corrected chi connectivity index (χ4v) is 1.71. The summed E-state index contributed by atoms with van der Waals surface area (Å²) in [4.78, 5) is 11.0. The summed E-state index contributed by atoms with van der Waals surface area (Å²) in [5, 5.41) is 19.2. The molecule has 0 saturated carbocycles. The molecule has 1 rings (SSSR count). The van der Waals surface area contributed by atoms with Crippen molar-refractivity contribution in [2.45, 2.75) is 44.1 Å². The molecule has 1 aliphatic heterocycles. The summed E-state index contributed by atoms with van der Waals surface area (Å²) in [5.74, 6) is -2.08. The third-order valence-electron chi connectivity index (χ3n) is 2.48. The molecule has 100 valence electrons. The molecule has 4 atom stereocenters. The second-order valence-corrected chi connectivity index (χ2v) is 4.25. The molecule has 1 saturated heterocycles. The van der Waals surface area contributed by atoms with Gasteiger partial charge in [0, 0.05) is 0 Å². The van der Waals surface area contributed by atoms with Crippen molar-refractivity contribution in [1.82, 2.24) is 0 Å². The topological polar surface area (TPSA) is 85.2 Å². The van der Waals surface area contributed by atoms with Crippen LogP contribution in [-0.4, -0.2) is 60.2 Å². The van der Waals surface area contributed by atoms with Crippen LogP contribution < -0.4 is 0 Å². The highest BCUT2D eigenvalue weighted by Crippen LogP contribution is 2.31. The first-order valence-electron chi connectivity index (χ1n) is 5.18. The fourth-order valence-electron chi connectivity index (χ4n) is 1.71. The van der Waals surface area contributed by atoms with Gasteiger partial charge in [-0.2, -0.15) is 0 Å². The molecule has 0 aromatic rings. The predicted molar refractivity (Wildman–Crippen MR) is 53.8 cm³/mol. The van der Waals surface area contributed by atoms with Gasteiger partial charge < -0.3 is 24.4 Å². The molecule has 1 aliphatic rings. The molecule has 6 nitrogen and oxygen atoms in total.